The van der Waals surface area contributed by atoms with E-state index in [1.54, 1.807) is 18.2 Å². The van der Waals surface area contributed by atoms with Crippen molar-refractivity contribution in [2.24, 2.45) is 0 Å². The van der Waals surface area contributed by atoms with Crippen LogP contribution in [0.5, 0.6) is 0 Å². The van der Waals surface area contributed by atoms with Crippen LogP contribution in [0, 0.1) is 30.3 Å². The van der Waals surface area contributed by atoms with Gasteiger partial charge < -0.3 is 4.98 Å². The summed E-state index contributed by atoms with van der Waals surface area (Å²) in [6.07, 6.45) is 1.39. The van der Waals surface area contributed by atoms with Crippen molar-refractivity contribution in [3.8, 4) is 56.7 Å². The fraction of sp³-hybridized carbons (Fsp3) is 0.125. The van der Waals surface area contributed by atoms with Gasteiger partial charge in [-0.2, -0.15) is 0 Å². The number of nitrogens with zero attached hydrogens (tertiary/aromatic N) is 4. The van der Waals surface area contributed by atoms with Crippen molar-refractivity contribution in [2.45, 2.75) is 46.4 Å². The fourth-order valence-electron chi connectivity index (χ4n) is 7.97. The molecule has 6 heteroatoms. The number of rotatable bonds is 7. The van der Waals surface area contributed by atoms with E-state index in [4.69, 9.17) is 9.10 Å². The smallest absolute Gasteiger partial charge is 0.0280 e. The van der Waals surface area contributed by atoms with E-state index >= 15 is 0 Å². The molecule has 10 aromatic rings. The Bertz CT molecular complexity index is 3280. The second-order valence-corrected chi connectivity index (χ2v) is 18.7. The van der Waals surface area contributed by atoms with E-state index in [1.165, 1.54) is 62.8 Å². The molecule has 0 aliphatic carbocycles. The normalized spacial score (nSPS) is 12.0. The number of imidazole rings is 1. The Morgan fingerprint density at radius 2 is 1.37 bits per heavy atom. The van der Waals surface area contributed by atoms with Crippen molar-refractivity contribution in [1.82, 2.24) is 14.5 Å². The average Bonchev–Trinajstić information content (AvgIpc) is 3.90. The second-order valence-electron chi connectivity index (χ2n) is 15.7. The minimum Gasteiger partial charge on any atom is -0.304 e. The van der Waals surface area contributed by atoms with Gasteiger partial charge in [0.15, 0.2) is 0 Å². The molecule has 0 spiro atoms. The molecular weight excluding hydrogens is 1050 g/mol. The van der Waals surface area contributed by atoms with Crippen LogP contribution in [0.25, 0.3) is 79.2 Å². The first-order valence-corrected chi connectivity index (χ1v) is 22.8. The van der Waals surface area contributed by atoms with Gasteiger partial charge in [0.05, 0.1) is 0 Å². The monoisotopic (exact) mass is 1100 g/mol. The molecule has 3 aromatic heterocycles. The van der Waals surface area contributed by atoms with Gasteiger partial charge in [-0.15, -0.1) is 35.9 Å². The third kappa shape index (κ3) is 8.48. The van der Waals surface area contributed by atoms with Crippen LogP contribution in [0.4, 0.5) is 0 Å². The van der Waals surface area contributed by atoms with Crippen LogP contribution in [0.2, 0.25) is 0 Å². The number of fused-ring (bicyclic) bond motifs is 4. The molecule has 62 heavy (non-hydrogen) atoms. The van der Waals surface area contributed by atoms with Crippen LogP contribution in [0.3, 0.4) is 0 Å². The van der Waals surface area contributed by atoms with Crippen LogP contribution in [-0.4, -0.2) is 35.0 Å². The molecule has 0 saturated heterocycles. The molecule has 10 rings (SSSR count). The summed E-state index contributed by atoms with van der Waals surface area (Å²) in [5, 5.41) is 12.1. The number of benzene rings is 7. The Kier molecular flexibility index (Phi) is 11.7. The van der Waals surface area contributed by atoms with Gasteiger partial charge in [0.25, 0.3) is 0 Å². The van der Waals surface area contributed by atoms with Crippen molar-refractivity contribution in [3.05, 3.63) is 198 Å². The van der Waals surface area contributed by atoms with Gasteiger partial charge in [0.1, 0.15) is 0 Å². The Balaban J connectivity index is 0.000000287. The Hall–Kier alpha value is -5.91. The standard InChI is InChI=1S/C44H34N3Te.C12H10N.Ir/c1-27(2)37-24-33(32-20-18-31(19-21-32)30-11-6-5-7-12-30)25-38(28(3)4)42(37)47-40-16-9-8-15-39(40)46-44(47)36-14-10-13-35-34-22-17-29(26-45)23-41(34)48-43(35)36;1-10-7-8-12(13-9-10)11-5-3-2-4-6-11;/h5-13,15-25,27-28H,1-4H3;2-5,7-9H,1H3;/q2*-1;/i;1D3;. The largest absolute Gasteiger partial charge is 0.304 e. The number of hydrogen-bond acceptors (Lipinski definition) is 3. The van der Waals surface area contributed by atoms with Crippen molar-refractivity contribution in [2.75, 3.05) is 0 Å². The molecule has 0 saturated carbocycles. The summed E-state index contributed by atoms with van der Waals surface area (Å²) in [6.45, 7) is 7.10. The summed E-state index contributed by atoms with van der Waals surface area (Å²) < 4.78 is 26.8. The fourth-order valence-corrected chi connectivity index (χ4v) is 11.5. The Morgan fingerprint density at radius 3 is 2.03 bits per heavy atom. The molecule has 0 aliphatic heterocycles. The van der Waals surface area contributed by atoms with E-state index < -0.39 is 27.3 Å². The molecule has 4 nitrogen and oxygen atoms in total. The average molecular weight is 1100 g/mol. The number of aromatic nitrogens is 3. The summed E-state index contributed by atoms with van der Waals surface area (Å²) in [7, 11) is 0. The molecule has 7 aromatic carbocycles. The Morgan fingerprint density at radius 1 is 0.677 bits per heavy atom. The third-order valence-corrected chi connectivity index (χ3v) is 14.4. The zero-order valence-electron chi connectivity index (χ0n) is 37.8. The van der Waals surface area contributed by atoms with Crippen LogP contribution in [-0.2, 0) is 20.1 Å². The number of para-hydroxylation sites is 2. The number of aryl methyl sites for hydroxylation is 1. The van der Waals surface area contributed by atoms with Crippen molar-refractivity contribution < 1.29 is 24.2 Å². The molecule has 305 valence electrons. The minimum atomic E-state index is -2.09. The van der Waals surface area contributed by atoms with Gasteiger partial charge in [-0.3, -0.25) is 0 Å². The number of nitriles is 1. The van der Waals surface area contributed by atoms with Gasteiger partial charge >= 0.3 is 257 Å². The number of pyridine rings is 1. The molecule has 0 amide bonds. The van der Waals surface area contributed by atoms with Gasteiger partial charge in [0.2, 0.25) is 0 Å². The van der Waals surface area contributed by atoms with E-state index in [-0.39, 0.29) is 37.5 Å². The van der Waals surface area contributed by atoms with Crippen LogP contribution in [0.15, 0.2) is 164 Å². The van der Waals surface area contributed by atoms with E-state index in [9.17, 15) is 5.26 Å². The quantitative estimate of drug-likeness (QED) is 0.118. The molecule has 0 unspecified atom stereocenters. The second kappa shape index (κ2) is 18.6. The first kappa shape index (κ1) is 39.0. The predicted octanol–water partition coefficient (Wildman–Crippen LogP) is 14.2. The van der Waals surface area contributed by atoms with Crippen LogP contribution >= 0.6 is 0 Å². The first-order valence-electron chi connectivity index (χ1n) is 22.0. The molecule has 3 heterocycles. The van der Waals surface area contributed by atoms with Crippen molar-refractivity contribution in [3.63, 3.8) is 0 Å². The summed E-state index contributed by atoms with van der Waals surface area (Å²) in [5.41, 5.74) is 14.5. The first-order chi connectivity index (χ1) is 31.0. The maximum Gasteiger partial charge on any atom is 0.0280 e. The molecular formula is C56H44IrN4Te-2. The van der Waals surface area contributed by atoms with E-state index in [0.717, 1.165) is 39.2 Å². The van der Waals surface area contributed by atoms with E-state index in [2.05, 4.69) is 165 Å². The van der Waals surface area contributed by atoms with Gasteiger partial charge in [-0.1, -0.05) is 42.5 Å². The summed E-state index contributed by atoms with van der Waals surface area (Å²) >= 11 is -0.744. The van der Waals surface area contributed by atoms with Crippen molar-refractivity contribution >= 4 is 49.0 Å². The van der Waals surface area contributed by atoms with Gasteiger partial charge in [-0.25, -0.2) is 0 Å². The molecule has 0 bridgehead atoms. The zero-order chi connectivity index (χ0) is 44.5. The van der Waals surface area contributed by atoms with E-state index in [0.29, 0.717) is 0 Å². The molecule has 0 atom stereocenters. The van der Waals surface area contributed by atoms with Gasteiger partial charge in [-0.05, 0) is 23.7 Å². The maximum atomic E-state index is 9.60. The topological polar surface area (TPSA) is 54.5 Å². The Labute approximate surface area is 391 Å². The summed E-state index contributed by atoms with van der Waals surface area (Å²) in [6, 6.07) is 63.0. The zero-order valence-corrected chi connectivity index (χ0v) is 39.5. The molecule has 0 fully saturated rings. The molecule has 0 aliphatic rings. The SMILES string of the molecule is CC(C)c1cc(-c2ccc(-c3ccccc3)cc2)cc(C(C)C)c1-n1c(-c2[c-]ccc3c2[te]c2cc(C#N)ccc23)nc2ccccc21.[2H]C([2H])([2H])c1ccc(-c2[c-]cccc2)nc1.[Ir]. The molecule has 1 radical (unpaired) electrons. The number of hydrogen-bond donors (Lipinski definition) is 0. The van der Waals surface area contributed by atoms with E-state index in [1.807, 2.05) is 30.3 Å². The minimum absolute atomic E-state index is 0. The van der Waals surface area contributed by atoms with Gasteiger partial charge in [0, 0.05) is 30.4 Å². The van der Waals surface area contributed by atoms with Crippen LogP contribution < -0.4 is 0 Å². The predicted molar refractivity (Wildman–Crippen MR) is 254 cm³/mol. The molecule has 0 N–H and O–H groups in total. The van der Waals surface area contributed by atoms with Crippen molar-refractivity contribution in [1.29, 1.82) is 5.26 Å². The summed E-state index contributed by atoms with van der Waals surface area (Å²) in [5.74, 6) is 1.50. The third-order valence-electron chi connectivity index (χ3n) is 11.1. The summed E-state index contributed by atoms with van der Waals surface area (Å²) in [4.78, 5) is 9.48. The van der Waals surface area contributed by atoms with Crippen LogP contribution in [0.1, 0.15) is 65.9 Å². The maximum absolute atomic E-state index is 9.60.